The van der Waals surface area contributed by atoms with E-state index in [0.717, 1.165) is 38.4 Å². The summed E-state index contributed by atoms with van der Waals surface area (Å²) in [6, 6.07) is 8.51. The summed E-state index contributed by atoms with van der Waals surface area (Å²) in [5.74, 6) is 0.908. The van der Waals surface area contributed by atoms with Gasteiger partial charge in [0.25, 0.3) is 0 Å². The van der Waals surface area contributed by atoms with E-state index in [2.05, 4.69) is 60.7 Å². The molecular formula is C15H25N3. The van der Waals surface area contributed by atoms with Crippen molar-refractivity contribution in [2.45, 2.75) is 40.2 Å². The van der Waals surface area contributed by atoms with E-state index in [1.165, 1.54) is 11.1 Å². The maximum Gasteiger partial charge on any atom is 0.191 e. The van der Waals surface area contributed by atoms with E-state index >= 15 is 0 Å². The van der Waals surface area contributed by atoms with Crippen molar-refractivity contribution in [2.75, 3.05) is 13.1 Å². The first-order valence-electron chi connectivity index (χ1n) is 6.90. The molecule has 0 atom stereocenters. The zero-order valence-corrected chi connectivity index (χ0v) is 11.8. The van der Waals surface area contributed by atoms with Gasteiger partial charge in [-0.1, -0.05) is 38.1 Å². The van der Waals surface area contributed by atoms with Crippen LogP contribution in [0, 0.1) is 0 Å². The van der Waals surface area contributed by atoms with Crippen LogP contribution in [0.5, 0.6) is 0 Å². The summed E-state index contributed by atoms with van der Waals surface area (Å²) >= 11 is 0. The van der Waals surface area contributed by atoms with Crippen LogP contribution >= 0.6 is 0 Å². The molecule has 0 aliphatic rings. The van der Waals surface area contributed by atoms with Gasteiger partial charge in [0.1, 0.15) is 0 Å². The third-order valence-corrected chi connectivity index (χ3v) is 2.79. The molecule has 1 rings (SSSR count). The molecule has 0 saturated carbocycles. The van der Waals surface area contributed by atoms with Crippen molar-refractivity contribution >= 4 is 5.96 Å². The molecule has 0 amide bonds. The highest BCUT2D eigenvalue weighted by Crippen LogP contribution is 2.10. The van der Waals surface area contributed by atoms with Crippen molar-refractivity contribution in [3.05, 3.63) is 35.4 Å². The van der Waals surface area contributed by atoms with Crippen molar-refractivity contribution in [3.63, 3.8) is 0 Å². The fraction of sp³-hybridized carbons (Fsp3) is 0.533. The number of guanidine groups is 1. The van der Waals surface area contributed by atoms with E-state index in [1.807, 2.05) is 0 Å². The van der Waals surface area contributed by atoms with Gasteiger partial charge < -0.3 is 10.6 Å². The molecule has 0 aliphatic heterocycles. The van der Waals surface area contributed by atoms with Crippen LogP contribution in [0.1, 0.15) is 38.3 Å². The zero-order valence-electron chi connectivity index (χ0n) is 11.8. The number of benzene rings is 1. The molecule has 100 valence electrons. The minimum absolute atomic E-state index is 0.739. The first-order valence-corrected chi connectivity index (χ1v) is 6.90. The number of aliphatic imine (C=N–C) groups is 1. The van der Waals surface area contributed by atoms with Gasteiger partial charge in [-0.3, -0.25) is 0 Å². The maximum atomic E-state index is 4.62. The molecule has 0 aliphatic carbocycles. The molecule has 0 saturated heterocycles. The fourth-order valence-electron chi connectivity index (χ4n) is 1.81. The molecule has 3 nitrogen and oxygen atoms in total. The van der Waals surface area contributed by atoms with Crippen molar-refractivity contribution in [1.29, 1.82) is 0 Å². The number of aryl methyl sites for hydroxylation is 1. The van der Waals surface area contributed by atoms with Crippen LogP contribution in [0.15, 0.2) is 29.3 Å². The van der Waals surface area contributed by atoms with E-state index < -0.39 is 0 Å². The lowest BCUT2D eigenvalue weighted by atomic mass is 10.1. The number of rotatable bonds is 6. The van der Waals surface area contributed by atoms with Gasteiger partial charge in [0.2, 0.25) is 0 Å². The average molecular weight is 247 g/mol. The summed E-state index contributed by atoms with van der Waals surface area (Å²) in [5.41, 5.74) is 2.70. The van der Waals surface area contributed by atoms with Gasteiger partial charge in [-0.25, -0.2) is 4.99 Å². The number of hydrogen-bond donors (Lipinski definition) is 2. The summed E-state index contributed by atoms with van der Waals surface area (Å²) in [6.07, 6.45) is 2.17. The molecule has 0 heterocycles. The van der Waals surface area contributed by atoms with E-state index in [-0.39, 0.29) is 0 Å². The molecule has 0 bridgehead atoms. The smallest absolute Gasteiger partial charge is 0.191 e. The fourth-order valence-corrected chi connectivity index (χ4v) is 1.81. The Hall–Kier alpha value is -1.51. The summed E-state index contributed by atoms with van der Waals surface area (Å²) in [5, 5.41) is 6.58. The largest absolute Gasteiger partial charge is 0.357 e. The molecule has 0 spiro atoms. The van der Waals surface area contributed by atoms with Crippen LogP contribution in [0.4, 0.5) is 0 Å². The van der Waals surface area contributed by atoms with Crippen molar-refractivity contribution in [1.82, 2.24) is 10.6 Å². The van der Waals surface area contributed by atoms with Crippen LogP contribution in [0.25, 0.3) is 0 Å². The highest BCUT2D eigenvalue weighted by Gasteiger charge is 2.00. The van der Waals surface area contributed by atoms with Crippen molar-refractivity contribution in [3.8, 4) is 0 Å². The normalized spacial score (nSPS) is 11.4. The van der Waals surface area contributed by atoms with Crippen LogP contribution in [0.3, 0.4) is 0 Å². The number of nitrogens with one attached hydrogen (secondary N) is 2. The molecular weight excluding hydrogens is 222 g/mol. The topological polar surface area (TPSA) is 36.4 Å². The molecule has 1 aromatic rings. The van der Waals surface area contributed by atoms with Gasteiger partial charge >= 0.3 is 0 Å². The summed E-state index contributed by atoms with van der Waals surface area (Å²) in [6.45, 7) is 9.02. The van der Waals surface area contributed by atoms with E-state index in [9.17, 15) is 0 Å². The lowest BCUT2D eigenvalue weighted by Gasteiger charge is -2.11. The summed E-state index contributed by atoms with van der Waals surface area (Å²) < 4.78 is 0. The second-order valence-electron chi connectivity index (χ2n) is 4.24. The SMILES string of the molecule is CCCNC(=NCc1ccccc1CC)NCC. The molecule has 3 heteroatoms. The van der Waals surface area contributed by atoms with Gasteiger partial charge in [0.05, 0.1) is 6.54 Å². The van der Waals surface area contributed by atoms with Gasteiger partial charge in [-0.05, 0) is 30.9 Å². The van der Waals surface area contributed by atoms with Crippen molar-refractivity contribution < 1.29 is 0 Å². The zero-order chi connectivity index (χ0) is 13.2. The third-order valence-electron chi connectivity index (χ3n) is 2.79. The molecule has 0 unspecified atom stereocenters. The predicted molar refractivity (Wildman–Crippen MR) is 78.9 cm³/mol. The van der Waals surface area contributed by atoms with Gasteiger partial charge in [0.15, 0.2) is 5.96 Å². The van der Waals surface area contributed by atoms with Crippen LogP contribution in [-0.2, 0) is 13.0 Å². The van der Waals surface area contributed by atoms with Crippen LogP contribution in [-0.4, -0.2) is 19.0 Å². The monoisotopic (exact) mass is 247 g/mol. The molecule has 2 N–H and O–H groups in total. The lowest BCUT2D eigenvalue weighted by molar-refractivity contribution is 0.784. The quantitative estimate of drug-likeness (QED) is 0.599. The average Bonchev–Trinajstić information content (AvgIpc) is 2.42. The third kappa shape index (κ3) is 4.78. The van der Waals surface area contributed by atoms with Gasteiger partial charge in [-0.2, -0.15) is 0 Å². The van der Waals surface area contributed by atoms with Gasteiger partial charge in [0, 0.05) is 13.1 Å². The van der Waals surface area contributed by atoms with Crippen LogP contribution in [0.2, 0.25) is 0 Å². The first-order chi connectivity index (χ1) is 8.81. The summed E-state index contributed by atoms with van der Waals surface area (Å²) in [4.78, 5) is 4.62. The Bertz CT molecular complexity index is 372. The highest BCUT2D eigenvalue weighted by molar-refractivity contribution is 5.79. The Morgan fingerprint density at radius 2 is 1.78 bits per heavy atom. The minimum atomic E-state index is 0.739. The molecule has 1 aromatic carbocycles. The van der Waals surface area contributed by atoms with E-state index in [0.29, 0.717) is 0 Å². The Labute approximate surface area is 111 Å². The molecule has 0 aromatic heterocycles. The van der Waals surface area contributed by atoms with E-state index in [4.69, 9.17) is 0 Å². The Balaban J connectivity index is 2.68. The molecule has 0 fully saturated rings. The Morgan fingerprint density at radius 1 is 1.06 bits per heavy atom. The molecule has 0 radical (unpaired) electrons. The minimum Gasteiger partial charge on any atom is -0.357 e. The number of hydrogen-bond acceptors (Lipinski definition) is 1. The highest BCUT2D eigenvalue weighted by atomic mass is 15.2. The Kier molecular flexibility index (Phi) is 6.92. The van der Waals surface area contributed by atoms with Crippen molar-refractivity contribution in [2.24, 2.45) is 4.99 Å². The Morgan fingerprint density at radius 3 is 2.39 bits per heavy atom. The predicted octanol–water partition coefficient (Wildman–Crippen LogP) is 2.71. The lowest BCUT2D eigenvalue weighted by Crippen LogP contribution is -2.37. The molecule has 18 heavy (non-hydrogen) atoms. The number of nitrogens with zero attached hydrogens (tertiary/aromatic N) is 1. The van der Waals surface area contributed by atoms with Crippen LogP contribution < -0.4 is 10.6 Å². The second-order valence-corrected chi connectivity index (χ2v) is 4.24. The maximum absolute atomic E-state index is 4.62. The summed E-state index contributed by atoms with van der Waals surface area (Å²) in [7, 11) is 0. The van der Waals surface area contributed by atoms with E-state index in [1.54, 1.807) is 0 Å². The standard InChI is InChI=1S/C15H25N3/c1-4-11-17-15(16-6-3)18-12-14-10-8-7-9-13(14)5-2/h7-10H,4-6,11-12H2,1-3H3,(H2,16,17,18). The van der Waals surface area contributed by atoms with Gasteiger partial charge in [-0.15, -0.1) is 0 Å². The second kappa shape index (κ2) is 8.56. The first kappa shape index (κ1) is 14.6.